The predicted octanol–water partition coefficient (Wildman–Crippen LogP) is 5.93. The van der Waals surface area contributed by atoms with Crippen LogP contribution in [0.5, 0.6) is 0 Å². The molecule has 2 aliphatic rings. The maximum atomic E-state index is 13.2. The van der Waals surface area contributed by atoms with E-state index in [4.69, 9.17) is 5.10 Å². The van der Waals surface area contributed by atoms with Crippen molar-refractivity contribution in [2.45, 2.75) is 102 Å². The number of nitrogens with zero attached hydrogens (tertiary/aromatic N) is 2. The van der Waals surface area contributed by atoms with Gasteiger partial charge in [0.2, 0.25) is 5.91 Å². The van der Waals surface area contributed by atoms with Gasteiger partial charge in [-0.25, -0.2) is 0 Å². The molecule has 0 spiro atoms. The van der Waals surface area contributed by atoms with Crippen molar-refractivity contribution in [3.05, 3.63) is 53.3 Å². The number of carbonyl (C=O) groups is 1. The summed E-state index contributed by atoms with van der Waals surface area (Å²) < 4.78 is 41.2. The topological polar surface area (TPSA) is 59.0 Å². The lowest BCUT2D eigenvalue weighted by Crippen LogP contribution is -2.47. The van der Waals surface area contributed by atoms with Gasteiger partial charge in [0, 0.05) is 24.2 Å². The van der Waals surface area contributed by atoms with Crippen LogP contribution >= 0.6 is 0 Å². The van der Waals surface area contributed by atoms with Crippen LogP contribution in [0, 0.1) is 5.41 Å². The van der Waals surface area contributed by atoms with E-state index in [0.29, 0.717) is 11.8 Å². The minimum atomic E-state index is -4.39. The molecule has 0 radical (unpaired) electrons. The van der Waals surface area contributed by atoms with Crippen LogP contribution in [-0.2, 0) is 16.5 Å². The molecule has 0 unspecified atom stereocenters. The first-order valence-electron chi connectivity index (χ1n) is 12.5. The number of benzene rings is 1. The molecule has 2 fully saturated rings. The van der Waals surface area contributed by atoms with Gasteiger partial charge in [-0.15, -0.1) is 0 Å². The summed E-state index contributed by atoms with van der Waals surface area (Å²) in [4.78, 5) is 13.2. The molecule has 1 aromatic carbocycles. The van der Waals surface area contributed by atoms with Crippen LogP contribution in [0.2, 0.25) is 0 Å². The van der Waals surface area contributed by atoms with Crippen LogP contribution < -0.4 is 10.6 Å². The zero-order chi connectivity index (χ0) is 25.6. The molecule has 5 nitrogen and oxygen atoms in total. The van der Waals surface area contributed by atoms with Crippen LogP contribution in [0.3, 0.4) is 0 Å². The summed E-state index contributed by atoms with van der Waals surface area (Å²) in [6, 6.07) is 6.63. The van der Waals surface area contributed by atoms with Gasteiger partial charge in [-0.2, -0.15) is 18.3 Å². The second-order valence-electron chi connectivity index (χ2n) is 12.0. The second kappa shape index (κ2) is 9.26. The Kier molecular flexibility index (Phi) is 6.81. The lowest BCUT2D eigenvalue weighted by Gasteiger charge is -2.35. The standard InChI is InChI=1S/C27H37F3N4O/c1-25(2,3)34-15-12-21(33-34)20-16-22(24(35)31-19-10-13-26(4,5)14-11-19)32-23(20)17-6-8-18(9-7-17)27(28,29)30/h6-9,12,15,19-20,22-23,32H,10-11,13-14,16H2,1-5H3,(H,31,35)/t20-,22+,23+/m1/s1. The lowest BCUT2D eigenvalue weighted by atomic mass is 9.75. The molecular weight excluding hydrogens is 453 g/mol. The van der Waals surface area contributed by atoms with Crippen LogP contribution in [0.15, 0.2) is 36.5 Å². The summed E-state index contributed by atoms with van der Waals surface area (Å²) in [5.74, 6) is -0.166. The first-order valence-corrected chi connectivity index (χ1v) is 12.5. The average Bonchev–Trinajstić information content (AvgIpc) is 3.42. The third-order valence-electron chi connectivity index (χ3n) is 7.55. The Morgan fingerprint density at radius 1 is 1.09 bits per heavy atom. The first kappa shape index (κ1) is 25.7. The molecule has 3 atom stereocenters. The quantitative estimate of drug-likeness (QED) is 0.559. The van der Waals surface area contributed by atoms with Crippen molar-refractivity contribution < 1.29 is 18.0 Å². The van der Waals surface area contributed by atoms with E-state index in [1.54, 1.807) is 0 Å². The molecule has 8 heteroatoms. The van der Waals surface area contributed by atoms with Crippen molar-refractivity contribution in [2.75, 3.05) is 0 Å². The molecule has 2 aromatic rings. The Labute approximate surface area is 205 Å². The fourth-order valence-electron chi connectivity index (χ4n) is 5.23. The highest BCUT2D eigenvalue weighted by Crippen LogP contribution is 2.41. The molecule has 1 aliphatic heterocycles. The number of rotatable bonds is 4. The van der Waals surface area contributed by atoms with E-state index in [0.717, 1.165) is 49.1 Å². The molecule has 35 heavy (non-hydrogen) atoms. The van der Waals surface area contributed by atoms with Crippen LogP contribution in [0.25, 0.3) is 0 Å². The predicted molar refractivity (Wildman–Crippen MR) is 130 cm³/mol. The van der Waals surface area contributed by atoms with E-state index >= 15 is 0 Å². The largest absolute Gasteiger partial charge is 0.416 e. The van der Waals surface area contributed by atoms with Gasteiger partial charge in [-0.3, -0.25) is 14.8 Å². The third kappa shape index (κ3) is 5.90. The van der Waals surface area contributed by atoms with Gasteiger partial charge in [0.05, 0.1) is 22.8 Å². The maximum Gasteiger partial charge on any atom is 0.416 e. The van der Waals surface area contributed by atoms with Crippen molar-refractivity contribution >= 4 is 5.91 Å². The molecule has 0 bridgehead atoms. The van der Waals surface area contributed by atoms with E-state index in [2.05, 4.69) is 45.3 Å². The van der Waals surface area contributed by atoms with Crippen molar-refractivity contribution in [3.8, 4) is 0 Å². The van der Waals surface area contributed by atoms with Gasteiger partial charge < -0.3 is 5.32 Å². The smallest absolute Gasteiger partial charge is 0.352 e. The second-order valence-corrected chi connectivity index (χ2v) is 12.0. The zero-order valence-electron chi connectivity index (χ0n) is 21.2. The van der Waals surface area contributed by atoms with Gasteiger partial charge in [0.1, 0.15) is 0 Å². The number of halogens is 3. The summed E-state index contributed by atoms with van der Waals surface area (Å²) in [6.07, 6.45) is 2.17. The van der Waals surface area contributed by atoms with Gasteiger partial charge in [-0.05, 0) is 82.1 Å². The molecule has 2 N–H and O–H groups in total. The van der Waals surface area contributed by atoms with Crippen molar-refractivity contribution in [1.29, 1.82) is 0 Å². The molecule has 192 valence electrons. The van der Waals surface area contributed by atoms with E-state index in [-0.39, 0.29) is 29.4 Å². The normalized spacial score (nSPS) is 25.5. The Morgan fingerprint density at radius 3 is 2.26 bits per heavy atom. The van der Waals surface area contributed by atoms with Gasteiger partial charge in [0.15, 0.2) is 0 Å². The highest BCUT2D eigenvalue weighted by atomic mass is 19.4. The number of hydrogen-bond acceptors (Lipinski definition) is 3. The maximum absolute atomic E-state index is 13.2. The summed E-state index contributed by atoms with van der Waals surface area (Å²) in [5, 5.41) is 11.4. The number of amides is 1. The molecule has 4 rings (SSSR count). The molecule has 2 heterocycles. The highest BCUT2D eigenvalue weighted by Gasteiger charge is 2.41. The number of hydrogen-bond donors (Lipinski definition) is 2. The Balaban J connectivity index is 1.55. The molecule has 1 saturated heterocycles. The van der Waals surface area contributed by atoms with Crippen molar-refractivity contribution in [2.24, 2.45) is 5.41 Å². The number of aromatic nitrogens is 2. The molecule has 1 aromatic heterocycles. The average molecular weight is 491 g/mol. The summed E-state index contributed by atoms with van der Waals surface area (Å²) in [7, 11) is 0. The summed E-state index contributed by atoms with van der Waals surface area (Å²) >= 11 is 0. The van der Waals surface area contributed by atoms with Crippen LogP contribution in [0.4, 0.5) is 13.2 Å². The van der Waals surface area contributed by atoms with E-state index in [9.17, 15) is 18.0 Å². The van der Waals surface area contributed by atoms with Gasteiger partial charge in [0.25, 0.3) is 0 Å². The lowest BCUT2D eigenvalue weighted by molar-refractivity contribution is -0.137. The molecule has 1 amide bonds. The third-order valence-corrected chi connectivity index (χ3v) is 7.55. The van der Waals surface area contributed by atoms with Gasteiger partial charge in [-0.1, -0.05) is 26.0 Å². The van der Waals surface area contributed by atoms with E-state index < -0.39 is 17.8 Å². The Hall–Kier alpha value is -2.35. The molecule has 1 saturated carbocycles. The van der Waals surface area contributed by atoms with E-state index in [1.165, 1.54) is 12.1 Å². The van der Waals surface area contributed by atoms with Crippen LogP contribution in [0.1, 0.15) is 95.5 Å². The SMILES string of the molecule is CC1(C)CCC(NC(=O)[C@@H]2C[C@H](c3ccn(C(C)(C)C)n3)[C@H](c3ccc(C(F)(F)F)cc3)N2)CC1. The summed E-state index contributed by atoms with van der Waals surface area (Å²) in [5.41, 5.74) is 1.01. The van der Waals surface area contributed by atoms with Crippen molar-refractivity contribution in [1.82, 2.24) is 20.4 Å². The highest BCUT2D eigenvalue weighted by molar-refractivity contribution is 5.82. The number of alkyl halides is 3. The monoisotopic (exact) mass is 490 g/mol. The van der Waals surface area contributed by atoms with Crippen LogP contribution in [-0.4, -0.2) is 27.8 Å². The Bertz CT molecular complexity index is 1030. The zero-order valence-corrected chi connectivity index (χ0v) is 21.2. The molecule has 1 aliphatic carbocycles. The van der Waals surface area contributed by atoms with E-state index in [1.807, 2.05) is 16.9 Å². The minimum absolute atomic E-state index is 0.0376. The summed E-state index contributed by atoms with van der Waals surface area (Å²) in [6.45, 7) is 10.7. The number of nitrogens with one attached hydrogen (secondary N) is 2. The Morgan fingerprint density at radius 2 is 1.71 bits per heavy atom. The van der Waals surface area contributed by atoms with Gasteiger partial charge >= 0.3 is 6.18 Å². The minimum Gasteiger partial charge on any atom is -0.352 e. The molecular formula is C27H37F3N4O. The number of carbonyl (C=O) groups excluding carboxylic acids is 1. The first-order chi connectivity index (χ1) is 16.2. The van der Waals surface area contributed by atoms with Crippen molar-refractivity contribution in [3.63, 3.8) is 0 Å². The fraction of sp³-hybridized carbons (Fsp3) is 0.630. The fourth-order valence-corrected chi connectivity index (χ4v) is 5.23.